The van der Waals surface area contributed by atoms with Gasteiger partial charge in [-0.2, -0.15) is 5.26 Å². The number of nitrogens with zero attached hydrogens (tertiary/aromatic N) is 2. The number of carbonyl (C=O) groups is 1. The maximum atomic E-state index is 12.0. The first-order chi connectivity index (χ1) is 7.67. The highest BCUT2D eigenvalue weighted by molar-refractivity contribution is 5.78. The van der Waals surface area contributed by atoms with E-state index in [1.54, 1.807) is 12.0 Å². The molecule has 0 aliphatic carbocycles. The summed E-state index contributed by atoms with van der Waals surface area (Å²) in [5.41, 5.74) is 0. The maximum absolute atomic E-state index is 12.0. The summed E-state index contributed by atoms with van der Waals surface area (Å²) in [5, 5.41) is 8.55. The molecule has 0 saturated heterocycles. The number of carbonyl (C=O) groups excluding carboxylic acids is 1. The van der Waals surface area contributed by atoms with Gasteiger partial charge in [-0.05, 0) is 6.42 Å². The molecule has 1 unspecified atom stereocenters. The lowest BCUT2D eigenvalue weighted by molar-refractivity contribution is -0.135. The van der Waals surface area contributed by atoms with Crippen LogP contribution in [0.1, 0.15) is 33.1 Å². The third kappa shape index (κ3) is 5.72. The normalized spacial score (nSPS) is 11.9. The highest BCUT2D eigenvalue weighted by Crippen LogP contribution is 2.10. The van der Waals surface area contributed by atoms with Crippen molar-refractivity contribution in [2.45, 2.75) is 33.1 Å². The SMILES string of the molecule is CCCC(C)C(=O)N(CCC#N)CCOC. The second kappa shape index (κ2) is 9.17. The van der Waals surface area contributed by atoms with Crippen LogP contribution in [-0.2, 0) is 9.53 Å². The summed E-state index contributed by atoms with van der Waals surface area (Å²) in [5.74, 6) is 0.176. The fraction of sp³-hybridized carbons (Fsp3) is 0.833. The van der Waals surface area contributed by atoms with E-state index in [1.807, 2.05) is 6.92 Å². The Balaban J connectivity index is 4.24. The van der Waals surface area contributed by atoms with Crippen molar-refractivity contribution >= 4 is 5.91 Å². The summed E-state index contributed by atoms with van der Waals surface area (Å²) in [4.78, 5) is 13.7. The molecule has 92 valence electrons. The fourth-order valence-electron chi connectivity index (χ4n) is 1.59. The molecule has 4 heteroatoms. The van der Waals surface area contributed by atoms with Gasteiger partial charge in [-0.15, -0.1) is 0 Å². The molecule has 0 radical (unpaired) electrons. The van der Waals surface area contributed by atoms with Crippen LogP contribution in [-0.4, -0.2) is 37.6 Å². The van der Waals surface area contributed by atoms with Crippen LogP contribution in [0.3, 0.4) is 0 Å². The minimum Gasteiger partial charge on any atom is -0.383 e. The van der Waals surface area contributed by atoms with E-state index < -0.39 is 0 Å². The van der Waals surface area contributed by atoms with E-state index >= 15 is 0 Å². The number of ether oxygens (including phenoxy) is 1. The van der Waals surface area contributed by atoms with E-state index in [9.17, 15) is 4.79 Å². The van der Waals surface area contributed by atoms with E-state index in [1.165, 1.54) is 0 Å². The number of amides is 1. The van der Waals surface area contributed by atoms with E-state index in [-0.39, 0.29) is 11.8 Å². The molecule has 0 heterocycles. The molecule has 0 aliphatic rings. The van der Waals surface area contributed by atoms with Crippen LogP contribution in [0, 0.1) is 17.2 Å². The molecule has 0 saturated carbocycles. The van der Waals surface area contributed by atoms with Gasteiger partial charge >= 0.3 is 0 Å². The summed E-state index contributed by atoms with van der Waals surface area (Å²) >= 11 is 0. The average Bonchev–Trinajstić information content (AvgIpc) is 2.29. The molecule has 0 fully saturated rings. The molecule has 1 amide bonds. The van der Waals surface area contributed by atoms with E-state index in [4.69, 9.17) is 10.00 Å². The zero-order valence-corrected chi connectivity index (χ0v) is 10.5. The van der Waals surface area contributed by atoms with Gasteiger partial charge in [0.25, 0.3) is 0 Å². The molecular weight excluding hydrogens is 204 g/mol. The first-order valence-electron chi connectivity index (χ1n) is 5.82. The first kappa shape index (κ1) is 14.9. The van der Waals surface area contributed by atoms with Crippen molar-refractivity contribution in [1.29, 1.82) is 5.26 Å². The summed E-state index contributed by atoms with van der Waals surface area (Å²) in [6, 6.07) is 2.07. The molecule has 0 aliphatic heterocycles. The van der Waals surface area contributed by atoms with Crippen LogP contribution in [0.2, 0.25) is 0 Å². The predicted octanol–water partition coefficient (Wildman–Crippen LogP) is 1.81. The van der Waals surface area contributed by atoms with Crippen LogP contribution in [0.15, 0.2) is 0 Å². The van der Waals surface area contributed by atoms with E-state index in [0.717, 1.165) is 12.8 Å². The van der Waals surface area contributed by atoms with Gasteiger partial charge in [-0.3, -0.25) is 4.79 Å². The minimum absolute atomic E-state index is 0.0422. The standard InChI is InChI=1S/C12H22N2O2/c1-4-6-11(2)12(15)14(8-5-7-13)9-10-16-3/h11H,4-6,8-10H2,1-3H3. The summed E-state index contributed by atoms with van der Waals surface area (Å²) < 4.78 is 4.97. The molecule has 0 rings (SSSR count). The van der Waals surface area contributed by atoms with Crippen molar-refractivity contribution in [3.63, 3.8) is 0 Å². The summed E-state index contributed by atoms with van der Waals surface area (Å²) in [6.45, 7) is 5.62. The largest absolute Gasteiger partial charge is 0.383 e. The van der Waals surface area contributed by atoms with Crippen LogP contribution in [0.5, 0.6) is 0 Å². The Morgan fingerprint density at radius 3 is 2.69 bits per heavy atom. The van der Waals surface area contributed by atoms with E-state index in [0.29, 0.717) is 26.1 Å². The molecule has 0 spiro atoms. The Morgan fingerprint density at radius 2 is 2.19 bits per heavy atom. The van der Waals surface area contributed by atoms with Crippen LogP contribution >= 0.6 is 0 Å². The van der Waals surface area contributed by atoms with Crippen molar-refractivity contribution in [1.82, 2.24) is 4.90 Å². The van der Waals surface area contributed by atoms with Crippen molar-refractivity contribution in [3.8, 4) is 6.07 Å². The lowest BCUT2D eigenvalue weighted by Crippen LogP contribution is -2.38. The van der Waals surface area contributed by atoms with E-state index in [2.05, 4.69) is 13.0 Å². The Kier molecular flexibility index (Phi) is 8.55. The number of rotatable bonds is 8. The van der Waals surface area contributed by atoms with Crippen molar-refractivity contribution < 1.29 is 9.53 Å². The second-order valence-corrected chi connectivity index (χ2v) is 3.92. The number of hydrogen-bond acceptors (Lipinski definition) is 3. The molecule has 0 aromatic rings. The Labute approximate surface area is 98.2 Å². The monoisotopic (exact) mass is 226 g/mol. The predicted molar refractivity (Wildman–Crippen MR) is 62.8 cm³/mol. The van der Waals surface area contributed by atoms with Gasteiger partial charge in [-0.25, -0.2) is 0 Å². The highest BCUT2D eigenvalue weighted by atomic mass is 16.5. The molecule has 0 aromatic heterocycles. The smallest absolute Gasteiger partial charge is 0.225 e. The van der Waals surface area contributed by atoms with Gasteiger partial charge in [0.15, 0.2) is 0 Å². The van der Waals surface area contributed by atoms with Crippen LogP contribution in [0.25, 0.3) is 0 Å². The molecule has 4 nitrogen and oxygen atoms in total. The third-order valence-electron chi connectivity index (χ3n) is 2.51. The number of hydrogen-bond donors (Lipinski definition) is 0. The van der Waals surface area contributed by atoms with Gasteiger partial charge in [0.1, 0.15) is 0 Å². The minimum atomic E-state index is 0.0422. The van der Waals surface area contributed by atoms with Gasteiger partial charge in [0, 0.05) is 26.1 Å². The van der Waals surface area contributed by atoms with Gasteiger partial charge < -0.3 is 9.64 Å². The quantitative estimate of drug-likeness (QED) is 0.634. The Morgan fingerprint density at radius 1 is 1.50 bits per heavy atom. The molecule has 0 bridgehead atoms. The zero-order chi connectivity index (χ0) is 12.4. The first-order valence-corrected chi connectivity index (χ1v) is 5.82. The van der Waals surface area contributed by atoms with Gasteiger partial charge in [0.2, 0.25) is 5.91 Å². The van der Waals surface area contributed by atoms with Crippen molar-refractivity contribution in [3.05, 3.63) is 0 Å². The Hall–Kier alpha value is -1.08. The maximum Gasteiger partial charge on any atom is 0.225 e. The molecule has 0 N–H and O–H groups in total. The lowest BCUT2D eigenvalue weighted by Gasteiger charge is -2.24. The molecule has 16 heavy (non-hydrogen) atoms. The average molecular weight is 226 g/mol. The zero-order valence-electron chi connectivity index (χ0n) is 10.5. The topological polar surface area (TPSA) is 53.3 Å². The van der Waals surface area contributed by atoms with Gasteiger partial charge in [0.05, 0.1) is 19.1 Å². The number of methoxy groups -OCH3 is 1. The molecule has 0 aromatic carbocycles. The lowest BCUT2D eigenvalue weighted by atomic mass is 10.0. The summed E-state index contributed by atoms with van der Waals surface area (Å²) in [6.07, 6.45) is 2.28. The Bertz CT molecular complexity index is 236. The number of nitriles is 1. The van der Waals surface area contributed by atoms with Crippen molar-refractivity contribution in [2.75, 3.05) is 26.8 Å². The van der Waals surface area contributed by atoms with Gasteiger partial charge in [-0.1, -0.05) is 20.3 Å². The molecule has 1 atom stereocenters. The van der Waals surface area contributed by atoms with Crippen molar-refractivity contribution in [2.24, 2.45) is 5.92 Å². The third-order valence-corrected chi connectivity index (χ3v) is 2.51. The highest BCUT2D eigenvalue weighted by Gasteiger charge is 2.18. The van der Waals surface area contributed by atoms with Crippen LogP contribution < -0.4 is 0 Å². The second-order valence-electron chi connectivity index (χ2n) is 3.92. The molecular formula is C12H22N2O2. The fourth-order valence-corrected chi connectivity index (χ4v) is 1.59. The summed E-state index contributed by atoms with van der Waals surface area (Å²) in [7, 11) is 1.61. The van der Waals surface area contributed by atoms with Crippen LogP contribution in [0.4, 0.5) is 0 Å².